The lowest BCUT2D eigenvalue weighted by atomic mass is 10.1. The molecule has 33 heavy (non-hydrogen) atoms. The predicted molar refractivity (Wildman–Crippen MR) is 131 cm³/mol. The highest BCUT2D eigenvalue weighted by molar-refractivity contribution is 7.99. The number of nitriles is 1. The lowest BCUT2D eigenvalue weighted by Gasteiger charge is -2.36. The molecule has 0 spiro atoms. The molecule has 1 N–H and O–H groups in total. The number of carbonyl (C=O) groups excluding carboxylic acids is 1. The highest BCUT2D eigenvalue weighted by Gasteiger charge is 2.21. The minimum Gasteiger partial charge on any atom is -0.368 e. The van der Waals surface area contributed by atoms with Crippen LogP contribution in [0.1, 0.15) is 12.0 Å². The van der Waals surface area contributed by atoms with Crippen molar-refractivity contribution in [3.05, 3.63) is 75.5 Å². The highest BCUT2D eigenvalue weighted by Crippen LogP contribution is 2.23. The number of nitrogens with zero attached hydrogens (tertiary/aromatic N) is 4. The number of H-pyrrole nitrogens is 1. The van der Waals surface area contributed by atoms with Gasteiger partial charge in [0.05, 0.1) is 5.69 Å². The lowest BCUT2D eigenvalue weighted by Crippen LogP contribution is -2.48. The third kappa shape index (κ3) is 5.56. The van der Waals surface area contributed by atoms with Crippen molar-refractivity contribution in [2.45, 2.75) is 11.6 Å². The van der Waals surface area contributed by atoms with Crippen molar-refractivity contribution in [2.75, 3.05) is 36.8 Å². The van der Waals surface area contributed by atoms with Crippen LogP contribution in [0, 0.1) is 11.3 Å². The van der Waals surface area contributed by atoms with Gasteiger partial charge in [-0.05, 0) is 24.3 Å². The summed E-state index contributed by atoms with van der Waals surface area (Å²) >= 11 is 7.27. The second kappa shape index (κ2) is 10.6. The molecule has 1 fully saturated rings. The first-order valence-electron chi connectivity index (χ1n) is 10.6. The van der Waals surface area contributed by atoms with E-state index >= 15 is 0 Å². The molecule has 4 rings (SSSR count). The number of aromatic amines is 1. The number of benzene rings is 2. The van der Waals surface area contributed by atoms with E-state index in [2.05, 4.69) is 14.9 Å². The first-order chi connectivity index (χ1) is 16.0. The number of carbonyl (C=O) groups is 1. The van der Waals surface area contributed by atoms with Gasteiger partial charge in [0.15, 0.2) is 5.16 Å². The minimum absolute atomic E-state index is 0.0137. The van der Waals surface area contributed by atoms with E-state index in [0.29, 0.717) is 46.7 Å². The summed E-state index contributed by atoms with van der Waals surface area (Å²) < 4.78 is 0. The van der Waals surface area contributed by atoms with Crippen molar-refractivity contribution < 1.29 is 4.79 Å². The number of nitrogens with one attached hydrogen (secondary N) is 1. The van der Waals surface area contributed by atoms with E-state index in [-0.39, 0.29) is 11.5 Å². The van der Waals surface area contributed by atoms with E-state index in [9.17, 15) is 14.9 Å². The number of piperazine rings is 1. The molecule has 2 aromatic carbocycles. The van der Waals surface area contributed by atoms with Crippen molar-refractivity contribution in [2.24, 2.45) is 0 Å². The molecule has 0 saturated carbocycles. The Bertz CT molecular complexity index is 1220. The molecule has 0 radical (unpaired) electrons. The lowest BCUT2D eigenvalue weighted by molar-refractivity contribution is -0.131. The van der Waals surface area contributed by atoms with Gasteiger partial charge in [-0.15, -0.1) is 0 Å². The number of thioether (sulfide) groups is 1. The summed E-state index contributed by atoms with van der Waals surface area (Å²) in [7, 11) is 0. The fourth-order valence-corrected chi connectivity index (χ4v) is 4.61. The summed E-state index contributed by atoms with van der Waals surface area (Å²) in [5.41, 5.74) is 1.68. The normalized spacial score (nSPS) is 13.6. The average molecular weight is 480 g/mol. The first-order valence-corrected chi connectivity index (χ1v) is 11.9. The maximum absolute atomic E-state index is 12.7. The fourth-order valence-electron chi connectivity index (χ4n) is 3.69. The summed E-state index contributed by atoms with van der Waals surface area (Å²) in [5, 5.41) is 10.5. The van der Waals surface area contributed by atoms with Crippen LogP contribution in [-0.4, -0.2) is 52.7 Å². The largest absolute Gasteiger partial charge is 0.368 e. The van der Waals surface area contributed by atoms with Gasteiger partial charge in [-0.3, -0.25) is 9.59 Å². The standard InChI is InChI=1S/C24H22ClN5O2S/c25-18-6-8-19(9-7-18)29-11-13-30(14-12-29)21(31)10-15-33-24-27-22(17-4-2-1-3-5-17)20(16-26)23(32)28-24/h1-9H,10-15H2,(H,27,28,32). The van der Waals surface area contributed by atoms with Gasteiger partial charge in [-0.2, -0.15) is 5.26 Å². The number of rotatable bonds is 6. The Kier molecular flexibility index (Phi) is 7.33. The van der Waals surface area contributed by atoms with Gasteiger partial charge in [0.1, 0.15) is 11.6 Å². The smallest absolute Gasteiger partial charge is 0.270 e. The molecule has 1 aliphatic rings. The third-order valence-corrected chi connectivity index (χ3v) is 6.56. The number of hydrogen-bond donors (Lipinski definition) is 1. The molecule has 0 atom stereocenters. The van der Waals surface area contributed by atoms with Crippen LogP contribution in [0.25, 0.3) is 11.3 Å². The minimum atomic E-state index is -0.474. The van der Waals surface area contributed by atoms with Crippen molar-refractivity contribution >= 4 is 35.0 Å². The van der Waals surface area contributed by atoms with Gasteiger partial charge in [0.25, 0.3) is 5.56 Å². The molecule has 9 heteroatoms. The van der Waals surface area contributed by atoms with Crippen LogP contribution in [0.2, 0.25) is 5.02 Å². The van der Waals surface area contributed by atoms with Gasteiger partial charge < -0.3 is 14.8 Å². The Morgan fingerprint density at radius 2 is 1.79 bits per heavy atom. The predicted octanol–water partition coefficient (Wildman–Crippen LogP) is 3.79. The zero-order chi connectivity index (χ0) is 23.2. The number of anilines is 1. The van der Waals surface area contributed by atoms with E-state index in [1.54, 1.807) is 0 Å². The molecule has 7 nitrogen and oxygen atoms in total. The van der Waals surface area contributed by atoms with Crippen LogP contribution in [0.15, 0.2) is 64.5 Å². The van der Waals surface area contributed by atoms with Crippen LogP contribution in [-0.2, 0) is 4.79 Å². The van der Waals surface area contributed by atoms with Crippen LogP contribution in [0.4, 0.5) is 5.69 Å². The Morgan fingerprint density at radius 3 is 2.45 bits per heavy atom. The van der Waals surface area contributed by atoms with Gasteiger partial charge in [0.2, 0.25) is 5.91 Å². The van der Waals surface area contributed by atoms with Gasteiger partial charge in [-0.1, -0.05) is 53.7 Å². The monoisotopic (exact) mass is 479 g/mol. The molecule has 0 bridgehead atoms. The van der Waals surface area contributed by atoms with Crippen LogP contribution < -0.4 is 10.5 Å². The Balaban J connectivity index is 1.33. The molecule has 1 aromatic heterocycles. The quantitative estimate of drug-likeness (QED) is 0.427. The van der Waals surface area contributed by atoms with Crippen LogP contribution >= 0.6 is 23.4 Å². The molecular weight excluding hydrogens is 458 g/mol. The summed E-state index contributed by atoms with van der Waals surface area (Å²) in [6.45, 7) is 2.86. The molecular formula is C24H22ClN5O2S. The number of amides is 1. The SMILES string of the molecule is N#Cc1c(-c2ccccc2)nc(SCCC(=O)N2CCN(c3ccc(Cl)cc3)CC2)[nH]c1=O. The Morgan fingerprint density at radius 1 is 1.09 bits per heavy atom. The van der Waals surface area contributed by atoms with Crippen LogP contribution in [0.3, 0.4) is 0 Å². The molecule has 1 aliphatic heterocycles. The molecule has 0 unspecified atom stereocenters. The van der Waals surface area contributed by atoms with Crippen molar-refractivity contribution in [1.82, 2.24) is 14.9 Å². The van der Waals surface area contributed by atoms with Gasteiger partial charge in [0, 0.05) is 54.6 Å². The average Bonchev–Trinajstić information content (AvgIpc) is 2.85. The summed E-state index contributed by atoms with van der Waals surface area (Å²) in [4.78, 5) is 36.3. The fraction of sp³-hybridized carbons (Fsp3) is 0.250. The highest BCUT2D eigenvalue weighted by atomic mass is 35.5. The molecule has 1 saturated heterocycles. The summed E-state index contributed by atoms with van der Waals surface area (Å²) in [6.07, 6.45) is 0.343. The maximum atomic E-state index is 12.7. The zero-order valence-electron chi connectivity index (χ0n) is 17.8. The molecule has 1 amide bonds. The Hall–Kier alpha value is -3.28. The summed E-state index contributed by atoms with van der Waals surface area (Å²) in [6, 6.07) is 18.8. The second-order valence-electron chi connectivity index (χ2n) is 7.52. The second-order valence-corrected chi connectivity index (χ2v) is 9.04. The first kappa shape index (κ1) is 22.9. The molecule has 168 valence electrons. The number of hydrogen-bond acceptors (Lipinski definition) is 6. The van der Waals surface area contributed by atoms with Gasteiger partial charge >= 0.3 is 0 Å². The Labute approximate surface area is 201 Å². The number of aromatic nitrogens is 2. The molecule has 2 heterocycles. The zero-order valence-corrected chi connectivity index (χ0v) is 19.4. The topological polar surface area (TPSA) is 93.1 Å². The maximum Gasteiger partial charge on any atom is 0.270 e. The van der Waals surface area contributed by atoms with E-state index in [1.165, 1.54) is 11.8 Å². The molecule has 0 aliphatic carbocycles. The van der Waals surface area contributed by atoms with Crippen molar-refractivity contribution in [3.8, 4) is 17.3 Å². The van der Waals surface area contributed by atoms with Crippen LogP contribution in [0.5, 0.6) is 0 Å². The van der Waals surface area contributed by atoms with Crippen molar-refractivity contribution in [1.29, 1.82) is 5.26 Å². The molecule has 3 aromatic rings. The van der Waals surface area contributed by atoms with E-state index in [0.717, 1.165) is 18.8 Å². The van der Waals surface area contributed by atoms with E-state index in [4.69, 9.17) is 11.6 Å². The van der Waals surface area contributed by atoms with E-state index in [1.807, 2.05) is 65.6 Å². The van der Waals surface area contributed by atoms with Gasteiger partial charge in [-0.25, -0.2) is 4.98 Å². The van der Waals surface area contributed by atoms with Crippen molar-refractivity contribution in [3.63, 3.8) is 0 Å². The van der Waals surface area contributed by atoms with E-state index < -0.39 is 5.56 Å². The number of halogens is 1. The third-order valence-electron chi connectivity index (χ3n) is 5.44. The summed E-state index contributed by atoms with van der Waals surface area (Å²) in [5.74, 6) is 0.566.